The maximum atomic E-state index is 11.3. The normalized spacial score (nSPS) is 20.8. The number of aliphatic carboxylic acids is 1. The van der Waals surface area contributed by atoms with Crippen molar-refractivity contribution in [1.82, 2.24) is 15.3 Å². The number of nitrogens with zero attached hydrogens (tertiary/aromatic N) is 1. The van der Waals surface area contributed by atoms with Gasteiger partial charge in [-0.05, 0) is 13.0 Å². The lowest BCUT2D eigenvalue weighted by atomic mass is 9.93. The average Bonchev–Trinajstić information content (AvgIpc) is 2.95. The fourth-order valence-electron chi connectivity index (χ4n) is 2.69. The molecule has 0 bridgehead atoms. The van der Waals surface area contributed by atoms with Gasteiger partial charge in [0.15, 0.2) is 0 Å². The van der Waals surface area contributed by atoms with Gasteiger partial charge in [-0.3, -0.25) is 10.1 Å². The van der Waals surface area contributed by atoms with Crippen LogP contribution in [0.5, 0.6) is 5.75 Å². The predicted molar refractivity (Wildman–Crippen MR) is 76.3 cm³/mol. The molecule has 2 heterocycles. The van der Waals surface area contributed by atoms with Crippen LogP contribution in [-0.2, 0) is 11.2 Å². The van der Waals surface area contributed by atoms with Crippen LogP contribution in [0.2, 0.25) is 0 Å². The van der Waals surface area contributed by atoms with E-state index < -0.39 is 12.0 Å². The first-order chi connectivity index (χ1) is 10.2. The number of aromatic amines is 1. The second-order valence-electron chi connectivity index (χ2n) is 4.93. The number of hydrogen-bond acceptors (Lipinski definition) is 4. The van der Waals surface area contributed by atoms with E-state index in [4.69, 9.17) is 4.74 Å². The van der Waals surface area contributed by atoms with Crippen molar-refractivity contribution in [3.8, 4) is 5.75 Å². The first kappa shape index (κ1) is 13.6. The topological polar surface area (TPSA) is 87.2 Å². The number of para-hydroxylation sites is 1. The van der Waals surface area contributed by atoms with Gasteiger partial charge in [0, 0.05) is 17.7 Å². The fourth-order valence-corrected chi connectivity index (χ4v) is 2.69. The SMILES string of the molecule is CCOc1ccccc1[C@H]1N[C@@H](C(=O)O)Cc2[nH]cnc21. The van der Waals surface area contributed by atoms with Crippen LogP contribution in [0, 0.1) is 0 Å². The van der Waals surface area contributed by atoms with E-state index >= 15 is 0 Å². The summed E-state index contributed by atoms with van der Waals surface area (Å²) < 4.78 is 5.65. The lowest BCUT2D eigenvalue weighted by Gasteiger charge is -2.29. The van der Waals surface area contributed by atoms with Crippen molar-refractivity contribution in [2.75, 3.05) is 6.61 Å². The second-order valence-corrected chi connectivity index (χ2v) is 4.93. The number of fused-ring (bicyclic) bond motifs is 1. The van der Waals surface area contributed by atoms with E-state index in [1.54, 1.807) is 6.33 Å². The molecule has 6 nitrogen and oxygen atoms in total. The van der Waals surface area contributed by atoms with Gasteiger partial charge in [0.1, 0.15) is 11.8 Å². The standard InChI is InChI=1S/C15H17N3O3/c1-2-21-12-6-4-3-5-9(12)13-14-10(16-8-17-14)7-11(18-13)15(19)20/h3-6,8,11,13,18H,2,7H2,1H3,(H,16,17)(H,19,20)/t11-,13-/m1/s1. The van der Waals surface area contributed by atoms with Crippen LogP contribution < -0.4 is 10.1 Å². The van der Waals surface area contributed by atoms with Gasteiger partial charge in [0.2, 0.25) is 0 Å². The van der Waals surface area contributed by atoms with Gasteiger partial charge in [-0.1, -0.05) is 18.2 Å². The third-order valence-corrected chi connectivity index (χ3v) is 3.63. The molecule has 1 aliphatic heterocycles. The van der Waals surface area contributed by atoms with Crippen molar-refractivity contribution >= 4 is 5.97 Å². The summed E-state index contributed by atoms with van der Waals surface area (Å²) in [4.78, 5) is 18.7. The predicted octanol–water partition coefficient (Wildman–Crippen LogP) is 1.50. The maximum Gasteiger partial charge on any atom is 0.321 e. The molecule has 3 N–H and O–H groups in total. The van der Waals surface area contributed by atoms with E-state index in [0.717, 1.165) is 22.7 Å². The quantitative estimate of drug-likeness (QED) is 0.793. The van der Waals surface area contributed by atoms with Crippen molar-refractivity contribution in [2.45, 2.75) is 25.4 Å². The molecule has 0 unspecified atom stereocenters. The molecule has 0 saturated heterocycles. The summed E-state index contributed by atoms with van der Waals surface area (Å²) in [5.41, 5.74) is 2.59. The minimum Gasteiger partial charge on any atom is -0.494 e. The van der Waals surface area contributed by atoms with Gasteiger partial charge < -0.3 is 14.8 Å². The summed E-state index contributed by atoms with van der Waals surface area (Å²) in [6.45, 7) is 2.48. The lowest BCUT2D eigenvalue weighted by molar-refractivity contribution is -0.139. The molecule has 6 heteroatoms. The molecule has 2 aromatic rings. The zero-order chi connectivity index (χ0) is 14.8. The molecule has 2 atom stereocenters. The van der Waals surface area contributed by atoms with E-state index in [1.807, 2.05) is 31.2 Å². The summed E-state index contributed by atoms with van der Waals surface area (Å²) in [5.74, 6) is -0.119. The Kier molecular flexibility index (Phi) is 3.62. The monoisotopic (exact) mass is 287 g/mol. The molecule has 0 fully saturated rings. The molecule has 3 rings (SSSR count). The molecule has 0 amide bonds. The minimum atomic E-state index is -0.867. The third-order valence-electron chi connectivity index (χ3n) is 3.63. The Morgan fingerprint density at radius 2 is 2.29 bits per heavy atom. The van der Waals surface area contributed by atoms with Crippen LogP contribution >= 0.6 is 0 Å². The highest BCUT2D eigenvalue weighted by Crippen LogP contribution is 2.33. The van der Waals surface area contributed by atoms with Crippen LogP contribution in [0.15, 0.2) is 30.6 Å². The molecule has 0 spiro atoms. The van der Waals surface area contributed by atoms with Crippen molar-refractivity contribution in [2.24, 2.45) is 0 Å². The highest BCUT2D eigenvalue weighted by atomic mass is 16.5. The number of carboxylic acid groups (broad SMARTS) is 1. The van der Waals surface area contributed by atoms with Crippen molar-refractivity contribution in [3.63, 3.8) is 0 Å². The third kappa shape index (κ3) is 2.50. The zero-order valence-electron chi connectivity index (χ0n) is 11.7. The van der Waals surface area contributed by atoms with E-state index in [1.165, 1.54) is 0 Å². The van der Waals surface area contributed by atoms with E-state index in [2.05, 4.69) is 15.3 Å². The van der Waals surface area contributed by atoms with Gasteiger partial charge in [0.05, 0.1) is 24.7 Å². The Balaban J connectivity index is 2.03. The first-order valence-corrected chi connectivity index (χ1v) is 6.93. The molecular formula is C15H17N3O3. The van der Waals surface area contributed by atoms with Crippen LogP contribution in [0.25, 0.3) is 0 Å². The number of imidazole rings is 1. The van der Waals surface area contributed by atoms with Crippen LogP contribution in [0.3, 0.4) is 0 Å². The van der Waals surface area contributed by atoms with E-state index in [0.29, 0.717) is 13.0 Å². The van der Waals surface area contributed by atoms with E-state index in [-0.39, 0.29) is 6.04 Å². The van der Waals surface area contributed by atoms with Crippen molar-refractivity contribution < 1.29 is 14.6 Å². The Morgan fingerprint density at radius 1 is 1.48 bits per heavy atom. The Morgan fingerprint density at radius 3 is 3.05 bits per heavy atom. The maximum absolute atomic E-state index is 11.3. The number of H-pyrrole nitrogens is 1. The number of rotatable bonds is 4. The Bertz CT molecular complexity index is 653. The Hall–Kier alpha value is -2.34. The highest BCUT2D eigenvalue weighted by Gasteiger charge is 2.34. The number of ether oxygens (including phenoxy) is 1. The number of hydrogen-bond donors (Lipinski definition) is 3. The molecule has 110 valence electrons. The second kappa shape index (κ2) is 5.57. The summed E-state index contributed by atoms with van der Waals surface area (Å²) in [6, 6.07) is 6.71. The highest BCUT2D eigenvalue weighted by molar-refractivity contribution is 5.74. The van der Waals surface area contributed by atoms with Crippen molar-refractivity contribution in [1.29, 1.82) is 0 Å². The minimum absolute atomic E-state index is 0.288. The van der Waals surface area contributed by atoms with E-state index in [9.17, 15) is 9.90 Å². The van der Waals surface area contributed by atoms with Gasteiger partial charge in [-0.25, -0.2) is 4.98 Å². The van der Waals surface area contributed by atoms with Crippen LogP contribution in [0.1, 0.15) is 29.9 Å². The number of aromatic nitrogens is 2. The summed E-state index contributed by atoms with van der Waals surface area (Å²) in [6.07, 6.45) is 2.00. The zero-order valence-corrected chi connectivity index (χ0v) is 11.7. The molecule has 0 aliphatic carbocycles. The Labute approximate surface area is 122 Å². The van der Waals surface area contributed by atoms with Crippen LogP contribution in [-0.4, -0.2) is 33.7 Å². The van der Waals surface area contributed by atoms with Gasteiger partial charge >= 0.3 is 5.97 Å². The summed E-state index contributed by atoms with van der Waals surface area (Å²) in [5, 5.41) is 12.5. The fraction of sp³-hybridized carbons (Fsp3) is 0.333. The van der Waals surface area contributed by atoms with Crippen LogP contribution in [0.4, 0.5) is 0 Å². The molecule has 0 saturated carbocycles. The van der Waals surface area contributed by atoms with Gasteiger partial charge in [0.25, 0.3) is 0 Å². The number of carboxylic acids is 1. The van der Waals surface area contributed by atoms with Crippen molar-refractivity contribution in [3.05, 3.63) is 47.5 Å². The summed E-state index contributed by atoms with van der Waals surface area (Å²) in [7, 11) is 0. The van der Waals surface area contributed by atoms with Gasteiger partial charge in [-0.15, -0.1) is 0 Å². The molecule has 1 aromatic heterocycles. The molecular weight excluding hydrogens is 270 g/mol. The number of nitrogens with one attached hydrogen (secondary N) is 2. The molecule has 21 heavy (non-hydrogen) atoms. The summed E-state index contributed by atoms with van der Waals surface area (Å²) >= 11 is 0. The average molecular weight is 287 g/mol. The lowest BCUT2D eigenvalue weighted by Crippen LogP contribution is -2.45. The number of carbonyl (C=O) groups is 1. The van der Waals surface area contributed by atoms with Gasteiger partial charge in [-0.2, -0.15) is 0 Å². The molecule has 1 aromatic carbocycles. The largest absolute Gasteiger partial charge is 0.494 e. The number of benzene rings is 1. The molecule has 1 aliphatic rings. The molecule has 0 radical (unpaired) electrons. The smallest absolute Gasteiger partial charge is 0.321 e. The first-order valence-electron chi connectivity index (χ1n) is 6.93.